The van der Waals surface area contributed by atoms with Gasteiger partial charge in [-0.05, 0) is 24.5 Å². The van der Waals surface area contributed by atoms with Crippen molar-refractivity contribution in [1.29, 1.82) is 0 Å². The summed E-state index contributed by atoms with van der Waals surface area (Å²) in [5, 5.41) is 3.30. The van der Waals surface area contributed by atoms with Gasteiger partial charge in [-0.1, -0.05) is 35.6 Å². The van der Waals surface area contributed by atoms with E-state index in [4.69, 9.17) is 0 Å². The summed E-state index contributed by atoms with van der Waals surface area (Å²) in [6.07, 6.45) is 0.960. The molecule has 7 heteroatoms. The first kappa shape index (κ1) is 17.6. The van der Waals surface area contributed by atoms with Crippen LogP contribution in [-0.2, 0) is 17.8 Å². The minimum Gasteiger partial charge on any atom is -0.344 e. The molecule has 1 N–H and O–H groups in total. The minimum absolute atomic E-state index is 0.0943. The van der Waals surface area contributed by atoms with Crippen LogP contribution in [0.1, 0.15) is 26.5 Å². The van der Waals surface area contributed by atoms with E-state index >= 15 is 0 Å². The van der Waals surface area contributed by atoms with Crippen molar-refractivity contribution in [1.82, 2.24) is 14.8 Å². The maximum Gasteiger partial charge on any atom is 0.265 e. The molecule has 3 rings (SSSR count). The predicted octanol–water partition coefficient (Wildman–Crippen LogP) is 2.15. The molecule has 1 aromatic heterocycles. The fourth-order valence-corrected chi connectivity index (χ4v) is 3.91. The van der Waals surface area contributed by atoms with Crippen molar-refractivity contribution in [3.05, 3.63) is 46.0 Å². The highest BCUT2D eigenvalue weighted by Crippen LogP contribution is 2.24. The summed E-state index contributed by atoms with van der Waals surface area (Å²) in [6, 6.07) is 8.35. The van der Waals surface area contributed by atoms with Crippen LogP contribution in [0.3, 0.4) is 0 Å². The summed E-state index contributed by atoms with van der Waals surface area (Å²) in [6.45, 7) is 3.75. The smallest absolute Gasteiger partial charge is 0.265 e. The third-order valence-corrected chi connectivity index (χ3v) is 5.28. The third kappa shape index (κ3) is 4.05. The Kier molecular flexibility index (Phi) is 5.15. The van der Waals surface area contributed by atoms with Crippen molar-refractivity contribution in [3.63, 3.8) is 0 Å². The van der Waals surface area contributed by atoms with Crippen LogP contribution in [0.5, 0.6) is 0 Å². The molecule has 132 valence electrons. The van der Waals surface area contributed by atoms with Gasteiger partial charge in [0.25, 0.3) is 5.91 Å². The van der Waals surface area contributed by atoms with Crippen LogP contribution in [0.2, 0.25) is 0 Å². The summed E-state index contributed by atoms with van der Waals surface area (Å²) < 4.78 is 0. The molecular formula is C18H22N4O2S. The molecule has 0 atom stereocenters. The Balaban J connectivity index is 1.60. The molecule has 0 unspecified atom stereocenters. The van der Waals surface area contributed by atoms with Gasteiger partial charge < -0.3 is 10.2 Å². The zero-order valence-corrected chi connectivity index (χ0v) is 15.5. The average Bonchev–Trinajstić information content (AvgIpc) is 2.93. The molecule has 0 fully saturated rings. The lowest BCUT2D eigenvalue weighted by molar-refractivity contribution is -0.117. The SMILES string of the molecule is Cc1nc(NC(=O)CN2CCc3ccccc3C2)sc1C(=O)N(C)C. The summed E-state index contributed by atoms with van der Waals surface area (Å²) in [7, 11) is 3.40. The highest BCUT2D eigenvalue weighted by Gasteiger charge is 2.20. The second-order valence-corrected chi connectivity index (χ2v) is 7.41. The molecule has 1 aliphatic heterocycles. The quantitative estimate of drug-likeness (QED) is 0.909. The molecule has 2 heterocycles. The molecule has 0 bridgehead atoms. The molecule has 2 amide bonds. The number of amides is 2. The van der Waals surface area contributed by atoms with Crippen LogP contribution in [0, 0.1) is 6.92 Å². The number of nitrogens with zero attached hydrogens (tertiary/aromatic N) is 3. The third-order valence-electron chi connectivity index (χ3n) is 4.22. The van der Waals surface area contributed by atoms with E-state index in [1.165, 1.54) is 27.4 Å². The van der Waals surface area contributed by atoms with E-state index in [1.807, 2.05) is 6.07 Å². The van der Waals surface area contributed by atoms with Gasteiger partial charge in [0, 0.05) is 27.2 Å². The Labute approximate surface area is 151 Å². The fourth-order valence-electron chi connectivity index (χ4n) is 2.90. The number of carbonyl (C=O) groups is 2. The number of aromatic nitrogens is 1. The summed E-state index contributed by atoms with van der Waals surface area (Å²) in [5.41, 5.74) is 3.29. The fraction of sp³-hybridized carbons (Fsp3) is 0.389. The zero-order valence-electron chi connectivity index (χ0n) is 14.7. The Morgan fingerprint density at radius 2 is 2.00 bits per heavy atom. The Morgan fingerprint density at radius 1 is 1.28 bits per heavy atom. The van der Waals surface area contributed by atoms with E-state index in [0.717, 1.165) is 19.5 Å². The van der Waals surface area contributed by atoms with Crippen LogP contribution in [0.4, 0.5) is 5.13 Å². The molecule has 25 heavy (non-hydrogen) atoms. The highest BCUT2D eigenvalue weighted by atomic mass is 32.1. The van der Waals surface area contributed by atoms with E-state index in [9.17, 15) is 9.59 Å². The molecule has 1 aliphatic rings. The van der Waals surface area contributed by atoms with Crippen LogP contribution in [-0.4, -0.2) is 53.8 Å². The van der Waals surface area contributed by atoms with Crippen molar-refractivity contribution >= 4 is 28.3 Å². The number of hydrogen-bond donors (Lipinski definition) is 1. The monoisotopic (exact) mass is 358 g/mol. The van der Waals surface area contributed by atoms with Gasteiger partial charge in [0.15, 0.2) is 5.13 Å². The molecule has 0 radical (unpaired) electrons. The van der Waals surface area contributed by atoms with Gasteiger partial charge in [-0.3, -0.25) is 14.5 Å². The van der Waals surface area contributed by atoms with E-state index in [2.05, 4.69) is 33.4 Å². The first-order valence-electron chi connectivity index (χ1n) is 8.22. The van der Waals surface area contributed by atoms with Gasteiger partial charge in [-0.15, -0.1) is 0 Å². The van der Waals surface area contributed by atoms with Crippen molar-refractivity contribution in [2.75, 3.05) is 32.5 Å². The number of fused-ring (bicyclic) bond motifs is 1. The number of rotatable bonds is 4. The average molecular weight is 358 g/mol. The van der Waals surface area contributed by atoms with E-state index in [-0.39, 0.29) is 11.8 Å². The summed E-state index contributed by atoms with van der Waals surface area (Å²) in [5.74, 6) is -0.194. The molecule has 0 saturated carbocycles. The lowest BCUT2D eigenvalue weighted by atomic mass is 10.00. The number of hydrogen-bond acceptors (Lipinski definition) is 5. The summed E-state index contributed by atoms with van der Waals surface area (Å²) >= 11 is 1.22. The Bertz CT molecular complexity index is 800. The Morgan fingerprint density at radius 3 is 2.72 bits per heavy atom. The van der Waals surface area contributed by atoms with Crippen LogP contribution >= 0.6 is 11.3 Å². The van der Waals surface area contributed by atoms with Crippen molar-refractivity contribution in [2.24, 2.45) is 0 Å². The maximum absolute atomic E-state index is 12.3. The molecular weight excluding hydrogens is 336 g/mol. The lowest BCUT2D eigenvalue weighted by Gasteiger charge is -2.27. The first-order chi connectivity index (χ1) is 11.9. The van der Waals surface area contributed by atoms with E-state index in [1.54, 1.807) is 21.0 Å². The normalized spacial score (nSPS) is 14.0. The number of anilines is 1. The molecule has 0 saturated heterocycles. The Hall–Kier alpha value is -2.25. The number of aryl methyl sites for hydroxylation is 1. The molecule has 1 aromatic carbocycles. The zero-order chi connectivity index (χ0) is 18.0. The van der Waals surface area contributed by atoms with Crippen LogP contribution < -0.4 is 5.32 Å². The molecule has 0 spiro atoms. The van der Waals surface area contributed by atoms with Gasteiger partial charge >= 0.3 is 0 Å². The molecule has 6 nitrogen and oxygen atoms in total. The van der Waals surface area contributed by atoms with E-state index in [0.29, 0.717) is 22.2 Å². The number of benzene rings is 1. The second-order valence-electron chi connectivity index (χ2n) is 6.41. The van der Waals surface area contributed by atoms with Gasteiger partial charge in [0.2, 0.25) is 5.91 Å². The minimum atomic E-state index is -0.100. The number of carbonyl (C=O) groups excluding carboxylic acids is 2. The second kappa shape index (κ2) is 7.33. The summed E-state index contributed by atoms with van der Waals surface area (Å²) in [4.78, 5) is 32.9. The molecule has 2 aromatic rings. The number of nitrogens with one attached hydrogen (secondary N) is 1. The van der Waals surface area contributed by atoms with E-state index < -0.39 is 0 Å². The van der Waals surface area contributed by atoms with Crippen molar-refractivity contribution < 1.29 is 9.59 Å². The predicted molar refractivity (Wildman–Crippen MR) is 98.9 cm³/mol. The highest BCUT2D eigenvalue weighted by molar-refractivity contribution is 7.17. The van der Waals surface area contributed by atoms with Crippen molar-refractivity contribution in [3.8, 4) is 0 Å². The van der Waals surface area contributed by atoms with Crippen LogP contribution in [0.25, 0.3) is 0 Å². The number of thiazole rings is 1. The molecule has 0 aliphatic carbocycles. The van der Waals surface area contributed by atoms with Gasteiger partial charge in [0.05, 0.1) is 12.2 Å². The first-order valence-corrected chi connectivity index (χ1v) is 9.03. The van der Waals surface area contributed by atoms with Crippen molar-refractivity contribution in [2.45, 2.75) is 19.9 Å². The van der Waals surface area contributed by atoms with Gasteiger partial charge in [-0.25, -0.2) is 4.98 Å². The maximum atomic E-state index is 12.3. The van der Waals surface area contributed by atoms with Crippen LogP contribution in [0.15, 0.2) is 24.3 Å². The largest absolute Gasteiger partial charge is 0.344 e. The topological polar surface area (TPSA) is 65.5 Å². The van der Waals surface area contributed by atoms with Gasteiger partial charge in [-0.2, -0.15) is 0 Å². The van der Waals surface area contributed by atoms with Gasteiger partial charge in [0.1, 0.15) is 4.88 Å². The lowest BCUT2D eigenvalue weighted by Crippen LogP contribution is -2.37. The standard InChI is InChI=1S/C18H22N4O2S/c1-12-16(17(24)21(2)3)25-18(19-12)20-15(23)11-22-9-8-13-6-4-5-7-14(13)10-22/h4-7H,8-11H2,1-3H3,(H,19,20,23).